The van der Waals surface area contributed by atoms with Crippen LogP contribution in [0.3, 0.4) is 0 Å². The zero-order valence-corrected chi connectivity index (χ0v) is 23.1. The van der Waals surface area contributed by atoms with Crippen LogP contribution in [0, 0.1) is 0 Å². The maximum Gasteiger partial charge on any atom is 0.254 e. The number of benzene rings is 3. The van der Waals surface area contributed by atoms with Crippen LogP contribution in [0.1, 0.15) is 53.0 Å². The molecule has 1 aliphatic heterocycles. The first-order valence-corrected chi connectivity index (χ1v) is 13.8. The topological polar surface area (TPSA) is 82.3 Å². The third kappa shape index (κ3) is 5.03. The monoisotopic (exact) mass is 571 g/mol. The predicted octanol–water partition coefficient (Wildman–Crippen LogP) is 6.44. The molecule has 0 aliphatic carbocycles. The molecule has 1 aromatic heterocycles. The van der Waals surface area contributed by atoms with Gasteiger partial charge in [-0.3, -0.25) is 14.4 Å². The molecule has 1 atom stereocenters. The average molecular weight is 573 g/mol. The van der Waals surface area contributed by atoms with Crippen molar-refractivity contribution in [2.24, 2.45) is 0 Å². The second-order valence-electron chi connectivity index (χ2n) is 9.74. The second-order valence-corrected chi connectivity index (χ2v) is 10.5. The van der Waals surface area contributed by atoms with Crippen LogP contribution in [0.25, 0.3) is 22.0 Å². The molecular formula is C31H30BrN3O3. The molecule has 1 aliphatic rings. The van der Waals surface area contributed by atoms with Crippen LogP contribution in [0.15, 0.2) is 76.1 Å². The van der Waals surface area contributed by atoms with Gasteiger partial charge in [0.15, 0.2) is 5.78 Å². The number of Topliss-reactive ketones (excluding diaryl/α,β-unsaturated/α-hetero) is 1. The summed E-state index contributed by atoms with van der Waals surface area (Å²) in [6.45, 7) is 4.80. The van der Waals surface area contributed by atoms with Gasteiger partial charge in [-0.2, -0.15) is 0 Å². The fourth-order valence-electron chi connectivity index (χ4n) is 5.11. The predicted molar refractivity (Wildman–Crippen MR) is 156 cm³/mol. The van der Waals surface area contributed by atoms with Gasteiger partial charge in [-0.15, -0.1) is 0 Å². The number of ketones is 1. The summed E-state index contributed by atoms with van der Waals surface area (Å²) in [6.07, 6.45) is 4.32. The quantitative estimate of drug-likeness (QED) is 0.250. The van der Waals surface area contributed by atoms with Crippen LogP contribution in [-0.4, -0.2) is 40.7 Å². The highest BCUT2D eigenvalue weighted by Crippen LogP contribution is 2.30. The van der Waals surface area contributed by atoms with Crippen molar-refractivity contribution in [3.8, 4) is 11.1 Å². The Hall–Kier alpha value is -3.71. The SMILES string of the molecule is CCc1ccc(-c2ccc(C(=O)N3CCCC3CNc3ccc4[nH]cc(C(C)=O)c(=O)c4c3Br)cc2)cc1. The zero-order chi connectivity index (χ0) is 26.8. The lowest BCUT2D eigenvalue weighted by molar-refractivity contribution is 0.0743. The lowest BCUT2D eigenvalue weighted by Crippen LogP contribution is -2.39. The van der Waals surface area contributed by atoms with E-state index in [-0.39, 0.29) is 28.7 Å². The Kier molecular flexibility index (Phi) is 7.47. The molecule has 7 heteroatoms. The van der Waals surface area contributed by atoms with Crippen molar-refractivity contribution < 1.29 is 9.59 Å². The Labute approximate surface area is 230 Å². The number of rotatable bonds is 7. The van der Waals surface area contributed by atoms with Gasteiger partial charge in [0, 0.05) is 36.6 Å². The summed E-state index contributed by atoms with van der Waals surface area (Å²) in [5, 5.41) is 3.86. The van der Waals surface area contributed by atoms with Crippen LogP contribution in [0.5, 0.6) is 0 Å². The van der Waals surface area contributed by atoms with E-state index in [1.165, 1.54) is 18.7 Å². The van der Waals surface area contributed by atoms with E-state index < -0.39 is 0 Å². The molecule has 194 valence electrons. The van der Waals surface area contributed by atoms with Crippen LogP contribution in [-0.2, 0) is 6.42 Å². The Bertz CT molecular complexity index is 1560. The third-order valence-corrected chi connectivity index (χ3v) is 8.18. The molecule has 1 saturated heterocycles. The van der Waals surface area contributed by atoms with Crippen molar-refractivity contribution in [1.82, 2.24) is 9.88 Å². The molecule has 0 bridgehead atoms. The molecule has 1 fully saturated rings. The number of aromatic nitrogens is 1. The number of H-pyrrole nitrogens is 1. The standard InChI is InChI=1S/C31H30BrN3O3/c1-3-20-6-8-21(9-7-20)22-10-12-23(13-11-22)31(38)35-16-4-5-24(35)17-33-27-15-14-26-28(29(27)32)30(37)25(18-34-26)19(2)36/h6-15,18,24,33H,3-5,16-17H2,1-2H3,(H,34,37). The van der Waals surface area contributed by atoms with Gasteiger partial charge in [0.05, 0.1) is 20.9 Å². The number of nitrogens with zero attached hydrogens (tertiary/aromatic N) is 1. The number of pyridine rings is 1. The third-order valence-electron chi connectivity index (χ3n) is 7.36. The van der Waals surface area contributed by atoms with Gasteiger partial charge >= 0.3 is 0 Å². The van der Waals surface area contributed by atoms with Gasteiger partial charge in [-0.05, 0) is 83.1 Å². The van der Waals surface area contributed by atoms with Crippen molar-refractivity contribution >= 4 is 44.2 Å². The summed E-state index contributed by atoms with van der Waals surface area (Å²) in [7, 11) is 0. The lowest BCUT2D eigenvalue weighted by Gasteiger charge is -2.26. The first-order valence-electron chi connectivity index (χ1n) is 13.0. The molecule has 0 radical (unpaired) electrons. The fourth-order valence-corrected chi connectivity index (χ4v) is 5.78. The van der Waals surface area contributed by atoms with Crippen LogP contribution in [0.2, 0.25) is 0 Å². The number of likely N-dealkylation sites (tertiary alicyclic amines) is 1. The largest absolute Gasteiger partial charge is 0.382 e. The van der Waals surface area contributed by atoms with Gasteiger partial charge in [-0.25, -0.2) is 0 Å². The average Bonchev–Trinajstić information content (AvgIpc) is 3.41. The number of fused-ring (bicyclic) bond motifs is 1. The number of aromatic amines is 1. The first kappa shape index (κ1) is 25.9. The number of halogens is 1. The van der Waals surface area contributed by atoms with Crippen molar-refractivity contribution in [2.45, 2.75) is 39.2 Å². The smallest absolute Gasteiger partial charge is 0.254 e. The number of amides is 1. The number of nitrogens with one attached hydrogen (secondary N) is 2. The Balaban J connectivity index is 1.30. The van der Waals surface area contributed by atoms with E-state index in [4.69, 9.17) is 0 Å². The molecular weight excluding hydrogens is 542 g/mol. The second kappa shape index (κ2) is 11.0. The van der Waals surface area contributed by atoms with E-state index in [0.29, 0.717) is 34.0 Å². The Morgan fingerprint density at radius 2 is 1.71 bits per heavy atom. The first-order chi connectivity index (χ1) is 18.4. The normalized spacial score (nSPS) is 15.1. The highest BCUT2D eigenvalue weighted by Gasteiger charge is 2.29. The maximum atomic E-state index is 13.4. The van der Waals surface area contributed by atoms with Gasteiger partial charge in [0.2, 0.25) is 5.43 Å². The molecule has 0 spiro atoms. The zero-order valence-electron chi connectivity index (χ0n) is 21.5. The minimum absolute atomic E-state index is 0.0299. The minimum atomic E-state index is -0.302. The number of carbonyl (C=O) groups excluding carboxylic acids is 2. The minimum Gasteiger partial charge on any atom is -0.382 e. The molecule has 2 heterocycles. The summed E-state index contributed by atoms with van der Waals surface area (Å²) < 4.78 is 0.609. The number of hydrogen-bond donors (Lipinski definition) is 2. The highest BCUT2D eigenvalue weighted by atomic mass is 79.9. The molecule has 1 unspecified atom stereocenters. The van der Waals surface area contributed by atoms with Gasteiger partial charge in [-0.1, -0.05) is 43.3 Å². The van der Waals surface area contributed by atoms with Crippen LogP contribution in [0.4, 0.5) is 5.69 Å². The highest BCUT2D eigenvalue weighted by molar-refractivity contribution is 9.10. The van der Waals surface area contributed by atoms with Crippen LogP contribution >= 0.6 is 15.9 Å². The summed E-state index contributed by atoms with van der Waals surface area (Å²) in [5.74, 6) is -0.247. The van der Waals surface area contributed by atoms with E-state index in [2.05, 4.69) is 57.4 Å². The number of anilines is 1. The summed E-state index contributed by atoms with van der Waals surface area (Å²) in [5.41, 5.74) is 5.45. The van der Waals surface area contributed by atoms with E-state index in [1.807, 2.05) is 41.3 Å². The number of aryl methyl sites for hydroxylation is 1. The Morgan fingerprint density at radius 1 is 1.03 bits per heavy atom. The van der Waals surface area contributed by atoms with Gasteiger partial charge in [0.25, 0.3) is 5.91 Å². The van der Waals surface area contributed by atoms with Crippen molar-refractivity contribution in [2.75, 3.05) is 18.4 Å². The van der Waals surface area contributed by atoms with Crippen molar-refractivity contribution in [3.05, 3.63) is 98.2 Å². The Morgan fingerprint density at radius 3 is 2.37 bits per heavy atom. The van der Waals surface area contributed by atoms with Crippen molar-refractivity contribution in [1.29, 1.82) is 0 Å². The van der Waals surface area contributed by atoms with E-state index in [0.717, 1.165) is 36.1 Å². The molecule has 6 nitrogen and oxygen atoms in total. The molecule has 3 aromatic carbocycles. The fraction of sp³-hybridized carbons (Fsp3) is 0.258. The summed E-state index contributed by atoms with van der Waals surface area (Å²) in [6, 6.07) is 20.1. The number of hydrogen-bond acceptors (Lipinski definition) is 4. The van der Waals surface area contributed by atoms with E-state index in [9.17, 15) is 14.4 Å². The molecule has 1 amide bonds. The maximum absolute atomic E-state index is 13.4. The molecule has 5 rings (SSSR count). The molecule has 0 saturated carbocycles. The number of carbonyl (C=O) groups is 2. The van der Waals surface area contributed by atoms with Gasteiger partial charge in [0.1, 0.15) is 0 Å². The molecule has 2 N–H and O–H groups in total. The van der Waals surface area contributed by atoms with Crippen molar-refractivity contribution in [3.63, 3.8) is 0 Å². The summed E-state index contributed by atoms with van der Waals surface area (Å²) >= 11 is 3.57. The summed E-state index contributed by atoms with van der Waals surface area (Å²) in [4.78, 5) is 43.1. The van der Waals surface area contributed by atoms with Crippen LogP contribution < -0.4 is 10.7 Å². The van der Waals surface area contributed by atoms with E-state index >= 15 is 0 Å². The molecule has 38 heavy (non-hydrogen) atoms. The molecule has 4 aromatic rings. The van der Waals surface area contributed by atoms with Gasteiger partial charge < -0.3 is 15.2 Å². The lowest BCUT2D eigenvalue weighted by atomic mass is 10.0. The van der Waals surface area contributed by atoms with E-state index in [1.54, 1.807) is 0 Å².